The van der Waals surface area contributed by atoms with E-state index in [0.29, 0.717) is 0 Å². The van der Waals surface area contributed by atoms with Crippen LogP contribution in [-0.2, 0) is 60.2 Å². The van der Waals surface area contributed by atoms with Gasteiger partial charge >= 0.3 is 17.1 Å². The molecule has 3 N–H and O–H groups in total. The molecule has 1 radical (unpaired) electrons. The van der Waals surface area contributed by atoms with Crippen LogP contribution in [0.4, 0.5) is 0 Å². The van der Waals surface area contributed by atoms with E-state index in [1.807, 2.05) is 36.3 Å². The summed E-state index contributed by atoms with van der Waals surface area (Å²) in [6.45, 7) is 18.6. The minimum Gasteiger partial charge on any atom is -0.543 e. The molecule has 0 heterocycles. The van der Waals surface area contributed by atoms with Crippen molar-refractivity contribution in [2.24, 2.45) is 0 Å². The Balaban J connectivity index is -0.0000000569. The number of aliphatic carboxylic acids is 3. The van der Waals surface area contributed by atoms with Crippen LogP contribution in [0.3, 0.4) is 0 Å². The Labute approximate surface area is 205 Å². The van der Waals surface area contributed by atoms with Gasteiger partial charge in [-0.15, -0.1) is 0 Å². The summed E-state index contributed by atoms with van der Waals surface area (Å²) in [5.41, 5.74) is -1.24. The molecule has 0 fully saturated rings. The van der Waals surface area contributed by atoms with Crippen molar-refractivity contribution in [3.63, 3.8) is 0 Å². The predicted molar refractivity (Wildman–Crippen MR) is 105 cm³/mol. The van der Waals surface area contributed by atoms with Crippen LogP contribution in [0.2, 0.25) is 0 Å². The Kier molecular flexibility index (Phi) is 46.3. The van der Waals surface area contributed by atoms with Gasteiger partial charge in [-0.2, -0.15) is 0 Å². The molecule has 0 aliphatic rings. The van der Waals surface area contributed by atoms with Crippen molar-refractivity contribution in [2.75, 3.05) is 0 Å². The van der Waals surface area contributed by atoms with E-state index in [1.54, 1.807) is 0 Å². The number of hydrogen-bond acceptors (Lipinski definition) is 12. The van der Waals surface area contributed by atoms with Gasteiger partial charge in [0.2, 0.25) is 17.7 Å². The molecule has 0 aliphatic heterocycles. The fraction of sp³-hybridized carbons (Fsp3) is 0.167. The van der Waals surface area contributed by atoms with Gasteiger partial charge in [0.1, 0.15) is 20.4 Å². The fourth-order valence-electron chi connectivity index (χ4n) is 0.791. The van der Waals surface area contributed by atoms with Gasteiger partial charge in [0.25, 0.3) is 0 Å². The third-order valence-electron chi connectivity index (χ3n) is 1.72. The maximum absolute atomic E-state index is 10.1. The Morgan fingerprint density at radius 1 is 0.471 bits per heavy atom. The molecule has 0 bridgehead atoms. The molecule has 15 nitrogen and oxygen atoms in total. The molecule has 0 aromatic carbocycles. The Hall–Kier alpha value is -4.43. The first-order chi connectivity index (χ1) is 15.1. The first-order valence-corrected chi connectivity index (χ1v) is 7.51. The van der Waals surface area contributed by atoms with Gasteiger partial charge in [-0.05, 0) is 0 Å². The number of hydrogen-bond donors (Lipinski definition) is 3. The number of carbonyl (C=O) groups excluding carboxylic acids is 9. The van der Waals surface area contributed by atoms with Crippen molar-refractivity contribution in [3.05, 3.63) is 36.8 Å². The first-order valence-electron chi connectivity index (χ1n) is 7.51. The molecule has 0 unspecified atom stereocenters. The Morgan fingerprint density at radius 3 is 0.618 bits per heavy atom. The van der Waals surface area contributed by atoms with E-state index >= 15 is 0 Å². The zero-order chi connectivity index (χ0) is 28.3. The zero-order valence-corrected chi connectivity index (χ0v) is 19.6. The Bertz CT molecular complexity index is 628. The number of carboxylic acids is 3. The van der Waals surface area contributed by atoms with Crippen LogP contribution in [0.25, 0.3) is 0 Å². The van der Waals surface area contributed by atoms with Gasteiger partial charge < -0.3 is 60.0 Å². The molecule has 0 atom stereocenters. The predicted octanol–water partition coefficient (Wildman–Crippen LogP) is -5.40. The zero-order valence-electron chi connectivity index (χ0n) is 18.5. The standard InChI is InChI=1S/3C5H7NO3.3CH2O.Fe/c3*1-3(5(8)9)6-4(2)7;3*1-2;/h3*1H2,2H3,(H,6,7)(H,8,9);3*1H2;/q;;;;;;+3/p-3. The molecule has 0 spiro atoms. The van der Waals surface area contributed by atoms with Crippen molar-refractivity contribution < 1.29 is 75.5 Å². The SMILES string of the molecule is C=C(NC(C)=O)C(=O)[O-].C=C(NC(C)=O)C(=O)[O-].C=C(NC(C)=O)C(=O)[O-].C=O.C=O.C=O.[Fe+3]. The van der Waals surface area contributed by atoms with Gasteiger partial charge in [-0.25, -0.2) is 0 Å². The molecule has 3 amide bonds. The van der Waals surface area contributed by atoms with Crippen LogP contribution in [0, 0.1) is 0 Å². The van der Waals surface area contributed by atoms with Gasteiger partial charge in [-0.3, -0.25) is 14.4 Å². The summed E-state index contributed by atoms with van der Waals surface area (Å²) >= 11 is 0. The van der Waals surface area contributed by atoms with Crippen LogP contribution in [-0.4, -0.2) is 56.0 Å². The smallest absolute Gasteiger partial charge is 0.543 e. The number of carbonyl (C=O) groups is 9. The number of nitrogens with one attached hydrogen (secondary N) is 3. The average molecular weight is 530 g/mol. The molecule has 191 valence electrons. The molecule has 0 aliphatic carbocycles. The molecular weight excluding hydrogens is 506 g/mol. The minimum atomic E-state index is -1.47. The summed E-state index contributed by atoms with van der Waals surface area (Å²) in [6.07, 6.45) is 0. The largest absolute Gasteiger partial charge is 3.00 e. The van der Waals surface area contributed by atoms with Crippen molar-refractivity contribution in [2.45, 2.75) is 20.8 Å². The molecule has 0 aromatic heterocycles. The van der Waals surface area contributed by atoms with E-state index in [2.05, 4.69) is 19.7 Å². The second kappa shape index (κ2) is 33.2. The van der Waals surface area contributed by atoms with Crippen LogP contribution in [0.5, 0.6) is 0 Å². The van der Waals surface area contributed by atoms with Gasteiger partial charge in [0.15, 0.2) is 0 Å². The summed E-state index contributed by atoms with van der Waals surface area (Å²) in [7, 11) is 0. The van der Waals surface area contributed by atoms with E-state index < -0.39 is 52.7 Å². The number of rotatable bonds is 6. The topological polar surface area (TPSA) is 259 Å². The molecule has 0 saturated heterocycles. The van der Waals surface area contributed by atoms with E-state index in [4.69, 9.17) is 14.4 Å². The normalized spacial score (nSPS) is 6.79. The summed E-state index contributed by atoms with van der Waals surface area (Å²) in [4.78, 5) is 83.7. The van der Waals surface area contributed by atoms with Crippen LogP contribution in [0.15, 0.2) is 36.8 Å². The Morgan fingerprint density at radius 2 is 0.588 bits per heavy atom. The van der Waals surface area contributed by atoms with E-state index in [-0.39, 0.29) is 17.1 Å². The number of amides is 3. The maximum atomic E-state index is 10.1. The van der Waals surface area contributed by atoms with Gasteiger partial charge in [0, 0.05) is 20.8 Å². The molecule has 0 rings (SSSR count). The second-order valence-electron chi connectivity index (χ2n) is 4.34. The maximum Gasteiger partial charge on any atom is 3.00 e. The summed E-state index contributed by atoms with van der Waals surface area (Å²) in [5, 5.41) is 35.3. The van der Waals surface area contributed by atoms with Crippen molar-refractivity contribution >= 4 is 56.0 Å². The fourth-order valence-corrected chi connectivity index (χ4v) is 0.791. The van der Waals surface area contributed by atoms with Crippen molar-refractivity contribution in [1.82, 2.24) is 16.0 Å². The average Bonchev–Trinajstić information content (AvgIpc) is 2.71. The molecule has 0 aromatic rings. The van der Waals surface area contributed by atoms with Gasteiger partial charge in [-0.1, -0.05) is 19.7 Å². The quantitative estimate of drug-likeness (QED) is 0.215. The third-order valence-corrected chi connectivity index (χ3v) is 1.72. The van der Waals surface area contributed by atoms with E-state index in [0.717, 1.165) is 0 Å². The molecule has 0 saturated carbocycles. The van der Waals surface area contributed by atoms with E-state index in [9.17, 15) is 44.1 Å². The summed E-state index contributed by atoms with van der Waals surface area (Å²) in [6, 6.07) is 0. The van der Waals surface area contributed by atoms with Crippen LogP contribution < -0.4 is 31.3 Å². The second-order valence-corrected chi connectivity index (χ2v) is 4.34. The first kappa shape index (κ1) is 47.4. The van der Waals surface area contributed by atoms with E-state index in [1.165, 1.54) is 20.8 Å². The van der Waals surface area contributed by atoms with Crippen molar-refractivity contribution in [1.29, 1.82) is 0 Å². The number of carboxylic acid groups (broad SMARTS) is 3. The third kappa shape index (κ3) is 50.8. The molecule has 16 heteroatoms. The minimum absolute atomic E-state index is 0. The van der Waals surface area contributed by atoms with Crippen LogP contribution in [0.1, 0.15) is 20.8 Å². The van der Waals surface area contributed by atoms with Crippen LogP contribution >= 0.6 is 0 Å². The molecule has 34 heavy (non-hydrogen) atoms. The van der Waals surface area contributed by atoms with Gasteiger partial charge in [0.05, 0.1) is 35.0 Å². The monoisotopic (exact) mass is 530 g/mol. The molecular formula is C18H24FeN3O12. The summed E-state index contributed by atoms with van der Waals surface area (Å²) < 4.78 is 0. The van der Waals surface area contributed by atoms with Crippen molar-refractivity contribution in [3.8, 4) is 0 Å². The summed E-state index contributed by atoms with van der Waals surface area (Å²) in [5.74, 6) is -5.81.